The van der Waals surface area contributed by atoms with Gasteiger partial charge in [-0.3, -0.25) is 4.79 Å². The highest BCUT2D eigenvalue weighted by atomic mass is 19.4. The van der Waals surface area contributed by atoms with Crippen molar-refractivity contribution in [2.75, 3.05) is 13.2 Å². The van der Waals surface area contributed by atoms with E-state index in [1.165, 1.54) is 0 Å². The molecule has 2 aromatic rings. The number of alkyl halides is 3. The standard InChI is InChI=1S/C20H18F3NO5/c21-20(22,23)19(28,9-17(25)26)11-24-18(27)29-10-16-14-7-3-1-5-12(14)13-6-2-4-8-15(13)16/h1-8,16,28H,9-11H2,(H,24,27)(H,25,26). The number of nitrogens with one attached hydrogen (secondary N) is 1. The number of benzene rings is 2. The first-order valence-electron chi connectivity index (χ1n) is 8.72. The van der Waals surface area contributed by atoms with E-state index < -0.39 is 36.8 Å². The predicted molar refractivity (Wildman–Crippen MR) is 96.3 cm³/mol. The van der Waals surface area contributed by atoms with E-state index in [0.29, 0.717) is 0 Å². The summed E-state index contributed by atoms with van der Waals surface area (Å²) in [6.45, 7) is -1.46. The third kappa shape index (κ3) is 4.19. The number of ether oxygens (including phenoxy) is 1. The molecule has 0 aliphatic heterocycles. The van der Waals surface area contributed by atoms with Crippen LogP contribution in [0.5, 0.6) is 0 Å². The Morgan fingerprint density at radius 2 is 1.52 bits per heavy atom. The SMILES string of the molecule is O=C(O)CC(O)(CNC(=O)OCC1c2ccccc2-c2ccccc21)C(F)(F)F. The van der Waals surface area contributed by atoms with Crippen LogP contribution in [0, 0.1) is 0 Å². The Hall–Kier alpha value is -3.07. The fourth-order valence-electron chi connectivity index (χ4n) is 3.38. The molecule has 3 N–H and O–H groups in total. The number of hydrogen-bond donors (Lipinski definition) is 3. The molecule has 0 fully saturated rings. The second kappa shape index (κ2) is 7.75. The zero-order chi connectivity index (χ0) is 21.2. The van der Waals surface area contributed by atoms with E-state index in [-0.39, 0.29) is 12.5 Å². The summed E-state index contributed by atoms with van der Waals surface area (Å²) >= 11 is 0. The van der Waals surface area contributed by atoms with Gasteiger partial charge < -0.3 is 20.3 Å². The molecule has 1 atom stereocenters. The van der Waals surface area contributed by atoms with Gasteiger partial charge in [0.15, 0.2) is 5.60 Å². The average Bonchev–Trinajstić information content (AvgIpc) is 2.97. The van der Waals surface area contributed by atoms with Crippen LogP contribution in [0.15, 0.2) is 48.5 Å². The summed E-state index contributed by atoms with van der Waals surface area (Å²) in [5, 5.41) is 20.1. The van der Waals surface area contributed by atoms with Crippen LogP contribution >= 0.6 is 0 Å². The topological polar surface area (TPSA) is 95.9 Å². The van der Waals surface area contributed by atoms with Crippen LogP contribution in [0.3, 0.4) is 0 Å². The number of alkyl carbamates (subject to hydrolysis) is 1. The first-order valence-corrected chi connectivity index (χ1v) is 8.72. The number of carboxylic acid groups (broad SMARTS) is 1. The van der Waals surface area contributed by atoms with Gasteiger partial charge in [0, 0.05) is 5.92 Å². The highest BCUT2D eigenvalue weighted by molar-refractivity contribution is 5.79. The molecule has 29 heavy (non-hydrogen) atoms. The lowest BCUT2D eigenvalue weighted by molar-refractivity contribution is -0.259. The van der Waals surface area contributed by atoms with Gasteiger partial charge in [-0.25, -0.2) is 4.79 Å². The zero-order valence-electron chi connectivity index (χ0n) is 15.1. The maximum atomic E-state index is 13.0. The predicted octanol–water partition coefficient (Wildman–Crippen LogP) is 3.29. The molecule has 1 amide bonds. The zero-order valence-corrected chi connectivity index (χ0v) is 15.1. The van der Waals surface area contributed by atoms with Crippen LogP contribution in [-0.4, -0.2) is 47.2 Å². The van der Waals surface area contributed by atoms with Crippen LogP contribution < -0.4 is 5.32 Å². The minimum Gasteiger partial charge on any atom is -0.481 e. The van der Waals surface area contributed by atoms with Crippen molar-refractivity contribution in [2.45, 2.75) is 24.1 Å². The number of carbonyl (C=O) groups is 2. The first-order chi connectivity index (χ1) is 13.6. The summed E-state index contributed by atoms with van der Waals surface area (Å²) in [4.78, 5) is 22.6. The van der Waals surface area contributed by atoms with E-state index in [4.69, 9.17) is 9.84 Å². The fourth-order valence-corrected chi connectivity index (χ4v) is 3.38. The Labute approximate surface area is 163 Å². The van der Waals surface area contributed by atoms with Gasteiger partial charge in [-0.05, 0) is 22.3 Å². The second-order valence-corrected chi connectivity index (χ2v) is 6.78. The lowest BCUT2D eigenvalue weighted by atomic mass is 9.98. The van der Waals surface area contributed by atoms with Gasteiger partial charge in [0.1, 0.15) is 6.61 Å². The third-order valence-corrected chi connectivity index (χ3v) is 4.84. The smallest absolute Gasteiger partial charge is 0.419 e. The van der Waals surface area contributed by atoms with Crippen LogP contribution in [0.1, 0.15) is 23.5 Å². The number of aliphatic carboxylic acids is 1. The molecule has 2 aromatic carbocycles. The molecular weight excluding hydrogens is 391 g/mol. The number of aliphatic hydroxyl groups is 1. The summed E-state index contributed by atoms with van der Waals surface area (Å²) in [5.74, 6) is -2.13. The van der Waals surface area contributed by atoms with Gasteiger partial charge in [-0.2, -0.15) is 13.2 Å². The molecule has 6 nitrogen and oxygen atoms in total. The molecule has 0 bridgehead atoms. The average molecular weight is 409 g/mol. The molecule has 0 aromatic heterocycles. The summed E-state index contributed by atoms with van der Waals surface area (Å²) in [5.41, 5.74) is 0.248. The van der Waals surface area contributed by atoms with Crippen LogP contribution in [0.2, 0.25) is 0 Å². The lowest BCUT2D eigenvalue weighted by Gasteiger charge is -2.29. The lowest BCUT2D eigenvalue weighted by Crippen LogP contribution is -2.54. The van der Waals surface area contributed by atoms with E-state index in [1.807, 2.05) is 53.8 Å². The molecule has 1 aliphatic rings. The van der Waals surface area contributed by atoms with E-state index >= 15 is 0 Å². The van der Waals surface area contributed by atoms with Crippen molar-refractivity contribution >= 4 is 12.1 Å². The van der Waals surface area contributed by atoms with Gasteiger partial charge in [0.2, 0.25) is 0 Å². The minimum atomic E-state index is -5.23. The molecule has 0 saturated carbocycles. The molecule has 1 unspecified atom stereocenters. The fraction of sp³-hybridized carbons (Fsp3) is 0.300. The molecule has 0 radical (unpaired) electrons. The van der Waals surface area contributed by atoms with Gasteiger partial charge in [0.25, 0.3) is 0 Å². The van der Waals surface area contributed by atoms with Crippen molar-refractivity contribution in [3.63, 3.8) is 0 Å². The van der Waals surface area contributed by atoms with Crippen molar-refractivity contribution in [1.29, 1.82) is 0 Å². The monoisotopic (exact) mass is 409 g/mol. The molecule has 9 heteroatoms. The van der Waals surface area contributed by atoms with Crippen molar-refractivity contribution in [1.82, 2.24) is 5.32 Å². The number of amides is 1. The summed E-state index contributed by atoms with van der Waals surface area (Å²) in [6.07, 6.45) is -8.01. The van der Waals surface area contributed by atoms with E-state index in [2.05, 4.69) is 0 Å². The molecule has 3 rings (SSSR count). The molecule has 1 aliphatic carbocycles. The summed E-state index contributed by atoms with van der Waals surface area (Å²) in [7, 11) is 0. The number of hydrogen-bond acceptors (Lipinski definition) is 4. The van der Waals surface area contributed by atoms with Crippen LogP contribution in [0.4, 0.5) is 18.0 Å². The van der Waals surface area contributed by atoms with E-state index in [9.17, 15) is 27.9 Å². The van der Waals surface area contributed by atoms with E-state index in [0.717, 1.165) is 22.3 Å². The Kier molecular flexibility index (Phi) is 5.52. The van der Waals surface area contributed by atoms with Crippen LogP contribution in [-0.2, 0) is 9.53 Å². The number of fused-ring (bicyclic) bond motifs is 3. The minimum absolute atomic E-state index is 0.122. The van der Waals surface area contributed by atoms with Gasteiger partial charge in [-0.1, -0.05) is 48.5 Å². The van der Waals surface area contributed by atoms with Gasteiger partial charge >= 0.3 is 18.2 Å². The number of carbonyl (C=O) groups excluding carboxylic acids is 1. The Balaban J connectivity index is 1.66. The van der Waals surface area contributed by atoms with Crippen molar-refractivity contribution in [3.8, 4) is 11.1 Å². The number of carboxylic acids is 1. The largest absolute Gasteiger partial charge is 0.481 e. The highest BCUT2D eigenvalue weighted by Crippen LogP contribution is 2.44. The Morgan fingerprint density at radius 1 is 1.00 bits per heavy atom. The van der Waals surface area contributed by atoms with Gasteiger partial charge in [0.05, 0.1) is 13.0 Å². The van der Waals surface area contributed by atoms with Crippen molar-refractivity contribution in [2.24, 2.45) is 0 Å². The quantitative estimate of drug-likeness (QED) is 0.681. The van der Waals surface area contributed by atoms with Crippen molar-refractivity contribution in [3.05, 3.63) is 59.7 Å². The summed E-state index contributed by atoms with van der Waals surface area (Å²) in [6, 6.07) is 15.1. The van der Waals surface area contributed by atoms with Crippen LogP contribution in [0.25, 0.3) is 11.1 Å². The maximum Gasteiger partial charge on any atom is 0.419 e. The number of halogens is 3. The first kappa shape index (κ1) is 20.7. The Bertz CT molecular complexity index is 885. The van der Waals surface area contributed by atoms with E-state index in [1.54, 1.807) is 0 Å². The normalized spacial score (nSPS) is 15.2. The summed E-state index contributed by atoms with van der Waals surface area (Å²) < 4.78 is 44.0. The Morgan fingerprint density at radius 3 is 2.00 bits per heavy atom. The molecular formula is C20H18F3NO5. The molecule has 0 saturated heterocycles. The number of rotatable bonds is 6. The van der Waals surface area contributed by atoms with Gasteiger partial charge in [-0.15, -0.1) is 0 Å². The van der Waals surface area contributed by atoms with Crippen molar-refractivity contribution < 1.29 is 37.7 Å². The second-order valence-electron chi connectivity index (χ2n) is 6.78. The highest BCUT2D eigenvalue weighted by Gasteiger charge is 2.55. The molecule has 0 heterocycles. The maximum absolute atomic E-state index is 13.0. The third-order valence-electron chi connectivity index (χ3n) is 4.84. The molecule has 0 spiro atoms. The molecule has 154 valence electrons.